The quantitative estimate of drug-likeness (QED) is 0.480. The fourth-order valence-corrected chi connectivity index (χ4v) is 3.28. The Hall–Kier alpha value is -3.51. The molecule has 0 aliphatic heterocycles. The maximum atomic E-state index is 12.7. The summed E-state index contributed by atoms with van der Waals surface area (Å²) in [5, 5.41) is 14.0. The maximum absolute atomic E-state index is 12.7. The van der Waals surface area contributed by atoms with Crippen molar-refractivity contribution in [3.05, 3.63) is 75.4 Å². The zero-order chi connectivity index (χ0) is 20.5. The van der Waals surface area contributed by atoms with E-state index >= 15 is 0 Å². The number of phenols is 1. The van der Waals surface area contributed by atoms with Crippen molar-refractivity contribution >= 4 is 45.1 Å². The van der Waals surface area contributed by atoms with Gasteiger partial charge in [0.1, 0.15) is 28.1 Å². The standard InChI is InChI=1S/C22H16ClNO5/c1-12-4-2-7-16-21(27)20-17(25)9-15(10-18(20)29-22(12)16)28-11-19(26)24-14-6-3-5-13(23)8-14/h2-10,25H,11H2,1H3,(H,24,26). The molecule has 0 atom stereocenters. The molecule has 0 saturated heterocycles. The number of para-hydroxylation sites is 1. The van der Waals surface area contributed by atoms with Crippen molar-refractivity contribution in [2.75, 3.05) is 11.9 Å². The zero-order valence-electron chi connectivity index (χ0n) is 15.4. The molecule has 0 saturated carbocycles. The summed E-state index contributed by atoms with van der Waals surface area (Å²) in [5.41, 5.74) is 1.64. The molecule has 4 rings (SSSR count). The third-order valence-corrected chi connectivity index (χ3v) is 4.66. The van der Waals surface area contributed by atoms with Gasteiger partial charge in [-0.15, -0.1) is 0 Å². The molecule has 0 radical (unpaired) electrons. The monoisotopic (exact) mass is 409 g/mol. The Balaban J connectivity index is 1.61. The lowest BCUT2D eigenvalue weighted by Crippen LogP contribution is -2.20. The third-order valence-electron chi connectivity index (χ3n) is 4.43. The van der Waals surface area contributed by atoms with Crippen molar-refractivity contribution in [1.29, 1.82) is 0 Å². The number of nitrogens with one attached hydrogen (secondary N) is 1. The molecule has 6 nitrogen and oxygen atoms in total. The first kappa shape index (κ1) is 18.8. The van der Waals surface area contributed by atoms with Crippen LogP contribution >= 0.6 is 11.6 Å². The van der Waals surface area contributed by atoms with Gasteiger partial charge in [-0.3, -0.25) is 9.59 Å². The Morgan fingerprint density at radius 3 is 2.76 bits per heavy atom. The highest BCUT2D eigenvalue weighted by molar-refractivity contribution is 6.30. The Labute approximate surface area is 170 Å². The lowest BCUT2D eigenvalue weighted by atomic mass is 10.1. The molecule has 0 bridgehead atoms. The van der Waals surface area contributed by atoms with E-state index in [0.717, 1.165) is 5.56 Å². The number of anilines is 1. The predicted molar refractivity (Wildman–Crippen MR) is 112 cm³/mol. The summed E-state index contributed by atoms with van der Waals surface area (Å²) in [7, 11) is 0. The van der Waals surface area contributed by atoms with Gasteiger partial charge < -0.3 is 19.6 Å². The number of aromatic hydroxyl groups is 1. The van der Waals surface area contributed by atoms with E-state index in [9.17, 15) is 14.7 Å². The van der Waals surface area contributed by atoms with Gasteiger partial charge in [0.25, 0.3) is 5.91 Å². The van der Waals surface area contributed by atoms with E-state index in [1.165, 1.54) is 12.1 Å². The van der Waals surface area contributed by atoms with E-state index in [1.807, 2.05) is 13.0 Å². The topological polar surface area (TPSA) is 88.8 Å². The van der Waals surface area contributed by atoms with Crippen LogP contribution in [0.4, 0.5) is 5.69 Å². The van der Waals surface area contributed by atoms with E-state index in [0.29, 0.717) is 21.7 Å². The summed E-state index contributed by atoms with van der Waals surface area (Å²) in [6.07, 6.45) is 0. The average molecular weight is 410 g/mol. The molecule has 7 heteroatoms. The van der Waals surface area contributed by atoms with Gasteiger partial charge in [0.15, 0.2) is 6.61 Å². The highest BCUT2D eigenvalue weighted by Crippen LogP contribution is 2.31. The van der Waals surface area contributed by atoms with Crippen molar-refractivity contribution in [1.82, 2.24) is 0 Å². The van der Waals surface area contributed by atoms with Crippen LogP contribution in [-0.2, 0) is 4.79 Å². The van der Waals surface area contributed by atoms with Crippen molar-refractivity contribution in [3.8, 4) is 11.5 Å². The Kier molecular flexibility index (Phi) is 4.86. The van der Waals surface area contributed by atoms with E-state index in [4.69, 9.17) is 20.8 Å². The van der Waals surface area contributed by atoms with Gasteiger partial charge in [0.05, 0.1) is 5.39 Å². The molecule has 0 fully saturated rings. The predicted octanol–water partition coefficient (Wildman–Crippen LogP) is 4.63. The molecule has 3 aromatic carbocycles. The number of fused-ring (bicyclic) bond motifs is 2. The second-order valence-electron chi connectivity index (χ2n) is 6.55. The molecule has 4 aromatic rings. The number of rotatable bonds is 4. The molecular weight excluding hydrogens is 394 g/mol. The zero-order valence-corrected chi connectivity index (χ0v) is 16.1. The molecule has 29 heavy (non-hydrogen) atoms. The second kappa shape index (κ2) is 7.48. The summed E-state index contributed by atoms with van der Waals surface area (Å²) < 4.78 is 11.3. The fourth-order valence-electron chi connectivity index (χ4n) is 3.09. The van der Waals surface area contributed by atoms with Gasteiger partial charge in [-0.25, -0.2) is 0 Å². The molecule has 0 unspecified atom stereocenters. The Bertz CT molecular complexity index is 1310. The van der Waals surface area contributed by atoms with E-state index < -0.39 is 5.91 Å². The molecule has 0 aliphatic carbocycles. The van der Waals surface area contributed by atoms with Crippen LogP contribution in [0, 0.1) is 6.92 Å². The van der Waals surface area contributed by atoms with Crippen LogP contribution in [-0.4, -0.2) is 17.6 Å². The van der Waals surface area contributed by atoms with E-state index in [-0.39, 0.29) is 34.5 Å². The highest BCUT2D eigenvalue weighted by atomic mass is 35.5. The fraction of sp³-hybridized carbons (Fsp3) is 0.0909. The van der Waals surface area contributed by atoms with Gasteiger partial charge in [-0.1, -0.05) is 29.8 Å². The first-order valence-electron chi connectivity index (χ1n) is 8.80. The molecule has 0 spiro atoms. The number of amides is 1. The smallest absolute Gasteiger partial charge is 0.262 e. The van der Waals surface area contributed by atoms with Crippen LogP contribution in [0.3, 0.4) is 0 Å². The lowest BCUT2D eigenvalue weighted by molar-refractivity contribution is -0.118. The van der Waals surface area contributed by atoms with E-state index in [2.05, 4.69) is 5.32 Å². The third kappa shape index (κ3) is 3.75. The molecule has 1 amide bonds. The van der Waals surface area contributed by atoms with Gasteiger partial charge in [0.2, 0.25) is 5.43 Å². The SMILES string of the molecule is Cc1cccc2c(=O)c3c(O)cc(OCC(=O)Nc4cccc(Cl)c4)cc3oc12. The number of hydrogen-bond acceptors (Lipinski definition) is 5. The van der Waals surface area contributed by atoms with Gasteiger partial charge in [-0.2, -0.15) is 0 Å². The average Bonchev–Trinajstić information content (AvgIpc) is 2.67. The van der Waals surface area contributed by atoms with Gasteiger partial charge >= 0.3 is 0 Å². The van der Waals surface area contributed by atoms with Crippen LogP contribution in [0.2, 0.25) is 5.02 Å². The first-order chi connectivity index (χ1) is 13.9. The molecule has 0 aliphatic rings. The molecular formula is C22H16ClNO5. The van der Waals surface area contributed by atoms with Crippen molar-refractivity contribution in [2.24, 2.45) is 0 Å². The minimum absolute atomic E-state index is 0.0684. The Morgan fingerprint density at radius 2 is 1.97 bits per heavy atom. The van der Waals surface area contributed by atoms with E-state index in [1.54, 1.807) is 36.4 Å². The number of aryl methyl sites for hydroxylation is 1. The minimum Gasteiger partial charge on any atom is -0.507 e. The normalized spacial score (nSPS) is 11.0. The van der Waals surface area contributed by atoms with Crippen LogP contribution in [0.25, 0.3) is 21.9 Å². The first-order valence-corrected chi connectivity index (χ1v) is 9.17. The number of halogens is 1. The molecule has 1 heterocycles. The lowest BCUT2D eigenvalue weighted by Gasteiger charge is -2.10. The summed E-state index contributed by atoms with van der Waals surface area (Å²) in [4.78, 5) is 24.8. The number of ether oxygens (including phenoxy) is 1. The number of benzene rings is 3. The number of carbonyl (C=O) groups excluding carboxylic acids is 1. The number of hydrogen-bond donors (Lipinski definition) is 2. The largest absolute Gasteiger partial charge is 0.507 e. The highest BCUT2D eigenvalue weighted by Gasteiger charge is 2.15. The van der Waals surface area contributed by atoms with Crippen LogP contribution in [0.1, 0.15) is 5.56 Å². The van der Waals surface area contributed by atoms with Crippen molar-refractivity contribution in [3.63, 3.8) is 0 Å². The van der Waals surface area contributed by atoms with Crippen LogP contribution in [0.15, 0.2) is 63.8 Å². The Morgan fingerprint density at radius 1 is 1.17 bits per heavy atom. The molecule has 146 valence electrons. The van der Waals surface area contributed by atoms with Crippen molar-refractivity contribution in [2.45, 2.75) is 6.92 Å². The number of phenolic OH excluding ortho intramolecular Hbond substituents is 1. The molecule has 2 N–H and O–H groups in total. The summed E-state index contributed by atoms with van der Waals surface area (Å²) in [5.74, 6) is -0.472. The van der Waals surface area contributed by atoms with Gasteiger partial charge in [-0.05, 0) is 36.8 Å². The minimum atomic E-state index is -0.400. The summed E-state index contributed by atoms with van der Waals surface area (Å²) in [6.45, 7) is 1.53. The maximum Gasteiger partial charge on any atom is 0.262 e. The van der Waals surface area contributed by atoms with Gasteiger partial charge in [0, 0.05) is 22.8 Å². The van der Waals surface area contributed by atoms with Crippen LogP contribution < -0.4 is 15.5 Å². The van der Waals surface area contributed by atoms with Crippen LogP contribution in [0.5, 0.6) is 11.5 Å². The second-order valence-corrected chi connectivity index (χ2v) is 6.98. The number of carbonyl (C=O) groups is 1. The molecule has 1 aromatic heterocycles. The summed E-state index contributed by atoms with van der Waals surface area (Å²) >= 11 is 5.89. The summed E-state index contributed by atoms with van der Waals surface area (Å²) in [6, 6.07) is 14.7. The van der Waals surface area contributed by atoms with Crippen molar-refractivity contribution < 1.29 is 19.1 Å².